The fourth-order valence-corrected chi connectivity index (χ4v) is 1.50. The number of nitrogens with zero attached hydrogens (tertiary/aromatic N) is 2. The lowest BCUT2D eigenvalue weighted by Gasteiger charge is -2.16. The lowest BCUT2D eigenvalue weighted by Crippen LogP contribution is -2.18. The smallest absolute Gasteiger partial charge is 0.142 e. The molecule has 0 saturated carbocycles. The van der Waals surface area contributed by atoms with Gasteiger partial charge in [0.2, 0.25) is 0 Å². The van der Waals surface area contributed by atoms with E-state index in [2.05, 4.69) is 27.5 Å². The van der Waals surface area contributed by atoms with Gasteiger partial charge in [-0.25, -0.2) is 4.98 Å². The number of aromatic nitrogens is 1. The number of hydrogen-bond acceptors (Lipinski definition) is 2. The first kappa shape index (κ1) is 9.26. The normalized spacial score (nSPS) is 9.50. The van der Waals surface area contributed by atoms with Gasteiger partial charge in [-0.1, -0.05) is 6.08 Å². The Bertz CT molecular complexity index is 273. The second-order valence-corrected chi connectivity index (χ2v) is 3.33. The largest absolute Gasteiger partial charge is 0.355 e. The molecule has 0 saturated heterocycles. The van der Waals surface area contributed by atoms with E-state index in [0.29, 0.717) is 0 Å². The van der Waals surface area contributed by atoms with Crippen molar-refractivity contribution in [2.24, 2.45) is 0 Å². The van der Waals surface area contributed by atoms with Crippen molar-refractivity contribution in [2.45, 2.75) is 0 Å². The molecule has 0 aromatic carbocycles. The Labute approximate surface area is 81.0 Å². The second kappa shape index (κ2) is 4.26. The number of anilines is 1. The molecule has 1 aromatic heterocycles. The minimum absolute atomic E-state index is 0.801. The van der Waals surface area contributed by atoms with Crippen molar-refractivity contribution in [1.29, 1.82) is 0 Å². The summed E-state index contributed by atoms with van der Waals surface area (Å²) in [6.45, 7) is 4.47. The highest BCUT2D eigenvalue weighted by Gasteiger charge is 2.03. The quantitative estimate of drug-likeness (QED) is 0.737. The maximum Gasteiger partial charge on any atom is 0.142 e. The van der Waals surface area contributed by atoms with Crippen molar-refractivity contribution in [3.05, 3.63) is 35.5 Å². The van der Waals surface area contributed by atoms with E-state index >= 15 is 0 Å². The number of halogens is 1. The van der Waals surface area contributed by atoms with Crippen LogP contribution in [0, 0.1) is 0 Å². The van der Waals surface area contributed by atoms with Crippen LogP contribution in [-0.2, 0) is 0 Å². The molecule has 0 radical (unpaired) electrons. The lowest BCUT2D eigenvalue weighted by molar-refractivity contribution is 0.985. The topological polar surface area (TPSA) is 16.1 Å². The van der Waals surface area contributed by atoms with Crippen molar-refractivity contribution in [1.82, 2.24) is 4.98 Å². The maximum atomic E-state index is 4.23. The molecule has 0 aliphatic heterocycles. The van der Waals surface area contributed by atoms with Gasteiger partial charge >= 0.3 is 0 Å². The zero-order valence-electron chi connectivity index (χ0n) is 7.00. The molecule has 3 heteroatoms. The van der Waals surface area contributed by atoms with Gasteiger partial charge in [0.05, 0.1) is 4.47 Å². The molecule has 0 aliphatic rings. The van der Waals surface area contributed by atoms with Crippen molar-refractivity contribution in [3.8, 4) is 0 Å². The van der Waals surface area contributed by atoms with E-state index in [1.807, 2.05) is 30.2 Å². The summed E-state index contributed by atoms with van der Waals surface area (Å²) in [6.07, 6.45) is 3.63. The van der Waals surface area contributed by atoms with Crippen LogP contribution < -0.4 is 4.90 Å². The average Bonchev–Trinajstić information content (AvgIpc) is 2.05. The van der Waals surface area contributed by atoms with Crippen LogP contribution in [0.3, 0.4) is 0 Å². The van der Waals surface area contributed by atoms with Crippen molar-refractivity contribution in [3.63, 3.8) is 0 Å². The molecule has 0 amide bonds. The summed E-state index contributed by atoms with van der Waals surface area (Å²) in [5.74, 6) is 0.942. The van der Waals surface area contributed by atoms with Crippen LogP contribution in [0.4, 0.5) is 5.82 Å². The Morgan fingerprint density at radius 3 is 3.08 bits per heavy atom. The first-order valence-corrected chi connectivity index (χ1v) is 4.47. The van der Waals surface area contributed by atoms with E-state index in [4.69, 9.17) is 0 Å². The van der Waals surface area contributed by atoms with Crippen LogP contribution in [0.5, 0.6) is 0 Å². The van der Waals surface area contributed by atoms with Crippen LogP contribution in [0.15, 0.2) is 35.5 Å². The van der Waals surface area contributed by atoms with Crippen LogP contribution >= 0.6 is 15.9 Å². The SMILES string of the molecule is C=CCN(C)c1ncccc1Br. The van der Waals surface area contributed by atoms with Gasteiger partial charge in [-0.15, -0.1) is 6.58 Å². The predicted molar refractivity (Wildman–Crippen MR) is 55.4 cm³/mol. The van der Waals surface area contributed by atoms with E-state index in [1.54, 1.807) is 6.20 Å². The highest BCUT2D eigenvalue weighted by molar-refractivity contribution is 9.10. The molecule has 1 rings (SSSR count). The second-order valence-electron chi connectivity index (χ2n) is 2.48. The molecule has 12 heavy (non-hydrogen) atoms. The van der Waals surface area contributed by atoms with Gasteiger partial charge < -0.3 is 4.90 Å². The summed E-state index contributed by atoms with van der Waals surface area (Å²) in [5.41, 5.74) is 0. The molecule has 0 bridgehead atoms. The third-order valence-electron chi connectivity index (χ3n) is 1.50. The van der Waals surface area contributed by atoms with Crippen LogP contribution in [0.1, 0.15) is 0 Å². The van der Waals surface area contributed by atoms with Gasteiger partial charge in [-0.05, 0) is 28.1 Å². The van der Waals surface area contributed by atoms with Crippen LogP contribution in [0.2, 0.25) is 0 Å². The zero-order chi connectivity index (χ0) is 8.97. The van der Waals surface area contributed by atoms with Crippen LogP contribution in [0.25, 0.3) is 0 Å². The van der Waals surface area contributed by atoms with E-state index in [9.17, 15) is 0 Å². The summed E-state index contributed by atoms with van der Waals surface area (Å²) < 4.78 is 1.01. The average molecular weight is 227 g/mol. The Morgan fingerprint density at radius 2 is 2.50 bits per heavy atom. The molecule has 0 aliphatic carbocycles. The maximum absolute atomic E-state index is 4.23. The molecule has 0 N–H and O–H groups in total. The summed E-state index contributed by atoms with van der Waals surface area (Å²) in [7, 11) is 1.98. The number of rotatable bonds is 3. The Balaban J connectivity index is 2.86. The standard InChI is InChI=1S/C9H11BrN2/c1-3-7-12(2)9-8(10)5-4-6-11-9/h3-6H,1,7H2,2H3. The summed E-state index contributed by atoms with van der Waals surface area (Å²) in [6, 6.07) is 3.87. The van der Waals surface area contributed by atoms with Crippen molar-refractivity contribution >= 4 is 21.7 Å². The zero-order valence-corrected chi connectivity index (χ0v) is 8.58. The minimum Gasteiger partial charge on any atom is -0.355 e. The highest BCUT2D eigenvalue weighted by Crippen LogP contribution is 2.21. The molecule has 64 valence electrons. The summed E-state index contributed by atoms with van der Waals surface area (Å²) in [5, 5.41) is 0. The Kier molecular flexibility index (Phi) is 3.29. The van der Waals surface area contributed by atoms with Crippen molar-refractivity contribution < 1.29 is 0 Å². The fourth-order valence-electron chi connectivity index (χ4n) is 0.938. The molecule has 2 nitrogen and oxygen atoms in total. The van der Waals surface area contributed by atoms with Gasteiger partial charge in [-0.2, -0.15) is 0 Å². The lowest BCUT2D eigenvalue weighted by atomic mass is 10.4. The molecular formula is C9H11BrN2. The highest BCUT2D eigenvalue weighted by atomic mass is 79.9. The summed E-state index contributed by atoms with van der Waals surface area (Å²) >= 11 is 3.43. The molecule has 1 aromatic rings. The summed E-state index contributed by atoms with van der Waals surface area (Å²) in [4.78, 5) is 6.25. The van der Waals surface area contributed by atoms with E-state index in [0.717, 1.165) is 16.8 Å². The van der Waals surface area contributed by atoms with E-state index < -0.39 is 0 Å². The van der Waals surface area contributed by atoms with Crippen LogP contribution in [-0.4, -0.2) is 18.6 Å². The predicted octanol–water partition coefficient (Wildman–Crippen LogP) is 2.47. The molecule has 0 fully saturated rings. The molecule has 0 spiro atoms. The van der Waals surface area contributed by atoms with Gasteiger partial charge in [0.1, 0.15) is 5.82 Å². The molecule has 0 unspecified atom stereocenters. The first-order valence-electron chi connectivity index (χ1n) is 3.68. The number of hydrogen-bond donors (Lipinski definition) is 0. The Hall–Kier alpha value is -0.830. The molecule has 1 heterocycles. The number of likely N-dealkylation sites (N-methyl/N-ethyl adjacent to an activating group) is 1. The van der Waals surface area contributed by atoms with Gasteiger partial charge in [0.25, 0.3) is 0 Å². The van der Waals surface area contributed by atoms with Gasteiger partial charge in [0, 0.05) is 19.8 Å². The monoisotopic (exact) mass is 226 g/mol. The Morgan fingerprint density at radius 1 is 1.75 bits per heavy atom. The van der Waals surface area contributed by atoms with Gasteiger partial charge in [0.15, 0.2) is 0 Å². The van der Waals surface area contributed by atoms with E-state index in [1.165, 1.54) is 0 Å². The van der Waals surface area contributed by atoms with Gasteiger partial charge in [-0.3, -0.25) is 0 Å². The first-order chi connectivity index (χ1) is 5.75. The third-order valence-corrected chi connectivity index (χ3v) is 2.12. The number of pyridine rings is 1. The molecular weight excluding hydrogens is 216 g/mol. The van der Waals surface area contributed by atoms with E-state index in [-0.39, 0.29) is 0 Å². The van der Waals surface area contributed by atoms with Crippen molar-refractivity contribution in [2.75, 3.05) is 18.5 Å². The third kappa shape index (κ3) is 2.08. The minimum atomic E-state index is 0.801. The fraction of sp³-hybridized carbons (Fsp3) is 0.222. The molecule has 0 atom stereocenters.